The average Bonchev–Trinajstić information content (AvgIpc) is 4.41. The van der Waals surface area contributed by atoms with E-state index in [9.17, 15) is 34.2 Å². The Hall–Kier alpha value is -6.60. The first kappa shape index (κ1) is 72.1. The maximum Gasteiger partial charge on any atom is 0.303 e. The molecule has 0 saturated carbocycles. The number of aliphatic hydroxyl groups excluding tert-OH is 1. The van der Waals surface area contributed by atoms with Gasteiger partial charge in [0.1, 0.15) is 19.2 Å². The summed E-state index contributed by atoms with van der Waals surface area (Å²) in [5.74, 6) is 2.99. The molecule has 0 aromatic carbocycles. The highest BCUT2D eigenvalue weighted by Gasteiger charge is 2.28. The summed E-state index contributed by atoms with van der Waals surface area (Å²) >= 11 is 0. The smallest absolute Gasteiger partial charge is 0.303 e. The van der Waals surface area contributed by atoms with Crippen LogP contribution in [0.25, 0.3) is 0 Å². The number of aryl methyl sites for hydroxylation is 1. The molecule has 27 heteroatoms. The molecule has 2 atom stereocenters. The lowest BCUT2D eigenvalue weighted by Gasteiger charge is -2.36. The Morgan fingerprint density at radius 1 is 0.614 bits per heavy atom. The van der Waals surface area contributed by atoms with Crippen molar-refractivity contribution in [2.75, 3.05) is 133 Å². The topological polar surface area (TPSA) is 329 Å². The highest BCUT2D eigenvalue weighted by atomic mass is 16.5. The molecule has 3 aromatic rings. The van der Waals surface area contributed by atoms with E-state index in [-0.39, 0.29) is 49.6 Å². The summed E-state index contributed by atoms with van der Waals surface area (Å²) in [6, 6.07) is -0.724. The summed E-state index contributed by atoms with van der Waals surface area (Å²) in [7, 11) is 0. The summed E-state index contributed by atoms with van der Waals surface area (Å²) in [5, 5.41) is 44.4. The number of amides is 4. The number of carboxylic acids is 1. The fraction of sp³-hybridized carbons (Fsp3) is 0.770. The van der Waals surface area contributed by atoms with Crippen molar-refractivity contribution in [1.82, 2.24) is 65.4 Å². The van der Waals surface area contributed by atoms with Crippen molar-refractivity contribution in [2.24, 2.45) is 5.73 Å². The number of aromatic nitrogens is 9. The number of nitrogens with zero attached hydrogens (tertiary/aromatic N) is 13. The molecule has 0 unspecified atom stereocenters. The minimum Gasteiger partial charge on any atom is -0.481 e. The maximum absolute atomic E-state index is 13.4. The van der Waals surface area contributed by atoms with Gasteiger partial charge in [0.05, 0.1) is 50.5 Å². The summed E-state index contributed by atoms with van der Waals surface area (Å²) < 4.78 is 19.5. The third-order valence-electron chi connectivity index (χ3n) is 15.5. The number of piperazine rings is 2. The number of carbonyl (C=O) groups is 5. The normalized spacial score (nSPS) is 14.2. The molecule has 2 fully saturated rings. The van der Waals surface area contributed by atoms with Gasteiger partial charge in [-0.3, -0.25) is 24.0 Å². The van der Waals surface area contributed by atoms with Crippen LogP contribution >= 0.6 is 0 Å². The predicted molar refractivity (Wildman–Crippen MR) is 334 cm³/mol. The number of anilines is 3. The summed E-state index contributed by atoms with van der Waals surface area (Å²) in [6.45, 7) is 11.1. The van der Waals surface area contributed by atoms with E-state index in [2.05, 4.69) is 52.3 Å². The van der Waals surface area contributed by atoms with Gasteiger partial charge in [-0.2, -0.15) is 15.0 Å². The van der Waals surface area contributed by atoms with E-state index >= 15 is 0 Å². The quantitative estimate of drug-likeness (QED) is 0.0342. The second-order valence-electron chi connectivity index (χ2n) is 22.9. The first-order chi connectivity index (χ1) is 42.9. The van der Waals surface area contributed by atoms with Crippen LogP contribution in [0.5, 0.6) is 0 Å². The molecule has 4 amide bonds. The first-order valence-corrected chi connectivity index (χ1v) is 32.6. The van der Waals surface area contributed by atoms with Crippen LogP contribution in [0.1, 0.15) is 172 Å². The molecule has 0 aliphatic carbocycles. The third-order valence-corrected chi connectivity index (χ3v) is 15.5. The van der Waals surface area contributed by atoms with Gasteiger partial charge in [0, 0.05) is 110 Å². The average molecular weight is 1230 g/mol. The summed E-state index contributed by atoms with van der Waals surface area (Å²) in [5.41, 5.74) is 7.04. The zero-order valence-corrected chi connectivity index (χ0v) is 52.6. The molecule has 0 bridgehead atoms. The molecule has 88 heavy (non-hydrogen) atoms. The Morgan fingerprint density at radius 2 is 1.14 bits per heavy atom. The molecule has 2 aliphatic heterocycles. The van der Waals surface area contributed by atoms with E-state index in [1.807, 2.05) is 9.80 Å². The molecule has 5 rings (SSSR count). The number of hydrogen-bond acceptors (Lipinski definition) is 20. The number of ether oxygens (including phenoxy) is 3. The summed E-state index contributed by atoms with van der Waals surface area (Å²) in [4.78, 5) is 86.1. The minimum absolute atomic E-state index is 0.103. The van der Waals surface area contributed by atoms with Gasteiger partial charge in [-0.1, -0.05) is 99.8 Å². The minimum atomic E-state index is -0.960. The fourth-order valence-electron chi connectivity index (χ4n) is 10.5. The molecule has 5 heterocycles. The highest BCUT2D eigenvalue weighted by Crippen LogP contribution is 2.22. The lowest BCUT2D eigenvalue weighted by molar-refractivity contribution is -0.137. The van der Waals surface area contributed by atoms with Gasteiger partial charge < -0.3 is 65.7 Å². The van der Waals surface area contributed by atoms with Crippen molar-refractivity contribution >= 4 is 47.4 Å². The van der Waals surface area contributed by atoms with Crippen LogP contribution in [-0.4, -0.2) is 219 Å². The SMILES string of the molecule is C#CCOCCOCCOCCNc1nc(N2CCN(C(=O)CCCCCCCCCCNC(=O)Cn3cc(C[C@@H](C)O)nn3)CC2)nc(N2CCN(C(=O)CCCCCCCCCCNC(=O)[C@@H](CCC(=O)O)n3cc(CCCCCN)nn3)CC2)n1. The third kappa shape index (κ3) is 30.1. The number of terminal acetylenes is 1. The Labute approximate surface area is 520 Å². The molecule has 27 nitrogen and oxygen atoms in total. The second-order valence-corrected chi connectivity index (χ2v) is 22.9. The first-order valence-electron chi connectivity index (χ1n) is 32.6. The number of aliphatic hydroxyl groups is 1. The van der Waals surface area contributed by atoms with Crippen LogP contribution < -0.4 is 31.5 Å². The lowest BCUT2D eigenvalue weighted by atomic mass is 10.1. The van der Waals surface area contributed by atoms with Gasteiger partial charge in [0.25, 0.3) is 0 Å². The van der Waals surface area contributed by atoms with E-state index in [1.54, 1.807) is 19.3 Å². The van der Waals surface area contributed by atoms with Crippen molar-refractivity contribution in [2.45, 2.75) is 186 Å². The fourth-order valence-corrected chi connectivity index (χ4v) is 10.5. The second kappa shape index (κ2) is 43.9. The molecule has 2 saturated heterocycles. The van der Waals surface area contributed by atoms with Crippen molar-refractivity contribution in [1.29, 1.82) is 0 Å². The number of nitrogens with one attached hydrogen (secondary N) is 3. The monoisotopic (exact) mass is 1230 g/mol. The van der Waals surface area contributed by atoms with Crippen LogP contribution in [0.15, 0.2) is 12.4 Å². The van der Waals surface area contributed by atoms with Crippen molar-refractivity contribution in [3.8, 4) is 12.3 Å². The molecule has 0 spiro atoms. The number of carbonyl (C=O) groups excluding carboxylic acids is 4. The van der Waals surface area contributed by atoms with Crippen LogP contribution in [0.3, 0.4) is 0 Å². The van der Waals surface area contributed by atoms with Gasteiger partial charge in [-0.05, 0) is 64.8 Å². The van der Waals surface area contributed by atoms with E-state index in [0.717, 1.165) is 134 Å². The van der Waals surface area contributed by atoms with Gasteiger partial charge in [0.2, 0.25) is 41.5 Å². The largest absolute Gasteiger partial charge is 0.481 e. The van der Waals surface area contributed by atoms with Crippen LogP contribution in [0.4, 0.5) is 17.8 Å². The molecule has 492 valence electrons. The Kier molecular flexibility index (Phi) is 36.0. The van der Waals surface area contributed by atoms with Crippen molar-refractivity contribution in [3.05, 3.63) is 23.8 Å². The van der Waals surface area contributed by atoms with E-state index < -0.39 is 18.1 Å². The number of rotatable bonds is 49. The number of aliphatic carboxylic acids is 1. The van der Waals surface area contributed by atoms with E-state index in [1.165, 1.54) is 9.36 Å². The van der Waals surface area contributed by atoms with E-state index in [4.69, 9.17) is 41.3 Å². The number of carboxylic acid groups (broad SMARTS) is 1. The molecular formula is C61H103N17O10. The number of hydrogen-bond donors (Lipinski definition) is 6. The lowest BCUT2D eigenvalue weighted by Crippen LogP contribution is -2.50. The van der Waals surface area contributed by atoms with Crippen LogP contribution in [-0.2, 0) is 57.6 Å². The van der Waals surface area contributed by atoms with Crippen molar-refractivity contribution < 1.29 is 48.4 Å². The van der Waals surface area contributed by atoms with Crippen molar-refractivity contribution in [3.63, 3.8) is 0 Å². The Morgan fingerprint density at radius 3 is 1.69 bits per heavy atom. The Balaban J connectivity index is 0.948. The molecule has 3 aromatic heterocycles. The highest BCUT2D eigenvalue weighted by molar-refractivity contribution is 5.81. The number of unbranched alkanes of at least 4 members (excludes halogenated alkanes) is 16. The Bertz CT molecular complexity index is 2480. The van der Waals surface area contributed by atoms with Gasteiger partial charge >= 0.3 is 5.97 Å². The maximum atomic E-state index is 13.4. The van der Waals surface area contributed by atoms with Gasteiger partial charge in [-0.15, -0.1) is 16.6 Å². The molecular weight excluding hydrogens is 1130 g/mol. The standard InChI is InChI=1S/C61H103N17O10/c1-3-40-86-42-44-88-45-43-87-41-31-65-59-66-60(75-36-32-73(33-37-75)55(81)24-18-12-8-4-6-10-14-21-29-63-54(80)49-77-47-52(70-71-77)46-50(2)79)68-61(67-59)76-38-34-74(35-39-76)56(82)25-19-13-9-5-7-11-15-22-30-64-58(85)53(26-27-57(83)84)78-48-51(69-72-78)23-17-16-20-28-62/h1,47-48,50,53,79H,4-46,49,62H2,2H3,(H,63,80)(H,64,85)(H,83,84)(H,65,66,67,68)/t50-,53-/m1/s1. The number of nitrogens with two attached hydrogens (primary N) is 1. The van der Waals surface area contributed by atoms with Crippen LogP contribution in [0, 0.1) is 12.3 Å². The van der Waals surface area contributed by atoms with Gasteiger partial charge in [0.15, 0.2) is 0 Å². The predicted octanol–water partition coefficient (Wildman–Crippen LogP) is 4.10. The van der Waals surface area contributed by atoms with Gasteiger partial charge in [-0.25, -0.2) is 9.36 Å². The summed E-state index contributed by atoms with van der Waals surface area (Å²) in [6.07, 6.45) is 29.4. The zero-order chi connectivity index (χ0) is 62.8. The van der Waals surface area contributed by atoms with Crippen LogP contribution in [0.2, 0.25) is 0 Å². The molecule has 0 radical (unpaired) electrons. The molecule has 7 N–H and O–H groups in total. The zero-order valence-electron chi connectivity index (χ0n) is 52.6. The van der Waals surface area contributed by atoms with E-state index in [0.29, 0.717) is 154 Å². The molecule has 2 aliphatic rings.